The zero-order chi connectivity index (χ0) is 18.2. The molecular weight excluding hydrogens is 336 g/mol. The Bertz CT molecular complexity index is 1240. The number of rotatable bonds is 3. The Hall–Kier alpha value is -3.66. The summed E-state index contributed by atoms with van der Waals surface area (Å²) in [5, 5.41) is 0. The fourth-order valence-electron chi connectivity index (χ4n) is 3.03. The fourth-order valence-corrected chi connectivity index (χ4v) is 3.03. The quantitative estimate of drug-likeness (QED) is 0.393. The number of oxazole rings is 2. The van der Waals surface area contributed by atoms with Crippen molar-refractivity contribution in [1.29, 1.82) is 0 Å². The summed E-state index contributed by atoms with van der Waals surface area (Å²) in [6.45, 7) is 2.04. The van der Waals surface area contributed by atoms with E-state index < -0.39 is 0 Å². The van der Waals surface area contributed by atoms with Gasteiger partial charge in [0.05, 0.1) is 0 Å². The molecule has 0 aliphatic carbocycles. The average Bonchev–Trinajstić information content (AvgIpc) is 3.30. The molecule has 0 unspecified atom stereocenters. The van der Waals surface area contributed by atoms with Crippen LogP contribution in [-0.4, -0.2) is 9.97 Å². The molecule has 0 aliphatic rings. The van der Waals surface area contributed by atoms with Gasteiger partial charge < -0.3 is 8.83 Å². The molecule has 0 bridgehead atoms. The SMILES string of the molecule is Cc1ccc2oc(/C=C/c3ccc(-c4nc5ccccc5o4)cc3)nc2c1. The van der Waals surface area contributed by atoms with Crippen LogP contribution in [0.3, 0.4) is 0 Å². The molecule has 130 valence electrons. The molecule has 0 radical (unpaired) electrons. The van der Waals surface area contributed by atoms with Gasteiger partial charge in [-0.25, -0.2) is 9.97 Å². The Labute approximate surface area is 155 Å². The molecule has 4 nitrogen and oxygen atoms in total. The van der Waals surface area contributed by atoms with Crippen molar-refractivity contribution < 1.29 is 8.83 Å². The first-order valence-electron chi connectivity index (χ1n) is 8.76. The third-order valence-electron chi connectivity index (χ3n) is 4.43. The number of hydrogen-bond donors (Lipinski definition) is 0. The highest BCUT2D eigenvalue weighted by molar-refractivity contribution is 5.78. The minimum atomic E-state index is 0.596. The van der Waals surface area contributed by atoms with E-state index in [1.165, 1.54) is 5.56 Å². The first-order valence-corrected chi connectivity index (χ1v) is 8.76. The molecule has 0 atom stereocenters. The molecule has 27 heavy (non-hydrogen) atoms. The molecule has 0 aliphatic heterocycles. The maximum atomic E-state index is 5.81. The molecule has 0 spiro atoms. The number of nitrogens with zero attached hydrogens (tertiary/aromatic N) is 2. The van der Waals surface area contributed by atoms with Crippen LogP contribution < -0.4 is 0 Å². The van der Waals surface area contributed by atoms with Gasteiger partial charge in [-0.15, -0.1) is 0 Å². The van der Waals surface area contributed by atoms with Crippen molar-refractivity contribution >= 4 is 34.4 Å². The summed E-state index contributed by atoms with van der Waals surface area (Å²) in [5.41, 5.74) is 6.49. The van der Waals surface area contributed by atoms with Crippen molar-refractivity contribution in [2.75, 3.05) is 0 Å². The Morgan fingerprint density at radius 2 is 1.56 bits per heavy atom. The van der Waals surface area contributed by atoms with Crippen molar-refractivity contribution in [3.05, 3.63) is 83.7 Å². The average molecular weight is 352 g/mol. The Kier molecular flexibility index (Phi) is 3.61. The van der Waals surface area contributed by atoms with E-state index in [2.05, 4.69) is 9.97 Å². The predicted octanol–water partition coefficient (Wildman–Crippen LogP) is 6.11. The van der Waals surface area contributed by atoms with Gasteiger partial charge in [-0.2, -0.15) is 0 Å². The van der Waals surface area contributed by atoms with E-state index in [0.29, 0.717) is 11.8 Å². The Balaban J connectivity index is 1.39. The van der Waals surface area contributed by atoms with Crippen molar-refractivity contribution in [3.8, 4) is 11.5 Å². The molecule has 5 aromatic rings. The van der Waals surface area contributed by atoms with Gasteiger partial charge in [0.25, 0.3) is 0 Å². The van der Waals surface area contributed by atoms with Gasteiger partial charge >= 0.3 is 0 Å². The minimum absolute atomic E-state index is 0.596. The van der Waals surface area contributed by atoms with Gasteiger partial charge in [0.2, 0.25) is 11.8 Å². The predicted molar refractivity (Wildman–Crippen MR) is 107 cm³/mol. The second-order valence-electron chi connectivity index (χ2n) is 6.47. The van der Waals surface area contributed by atoms with Crippen LogP contribution in [0.25, 0.3) is 45.8 Å². The standard InChI is InChI=1S/C23H16N2O2/c1-15-6-12-21-19(14-15)24-22(26-21)13-9-16-7-10-17(11-8-16)23-25-18-4-2-3-5-20(18)27-23/h2-14H,1H3/b13-9+. The lowest BCUT2D eigenvalue weighted by molar-refractivity contribution is 0.589. The van der Waals surface area contributed by atoms with Crippen molar-refractivity contribution in [1.82, 2.24) is 9.97 Å². The second kappa shape index (κ2) is 6.25. The van der Waals surface area contributed by atoms with E-state index >= 15 is 0 Å². The smallest absolute Gasteiger partial charge is 0.227 e. The van der Waals surface area contributed by atoms with Gasteiger partial charge in [-0.3, -0.25) is 0 Å². The van der Waals surface area contributed by atoms with E-state index in [-0.39, 0.29) is 0 Å². The van der Waals surface area contributed by atoms with Crippen molar-refractivity contribution in [2.24, 2.45) is 0 Å². The molecular formula is C23H16N2O2. The number of fused-ring (bicyclic) bond motifs is 2. The molecule has 4 heteroatoms. The number of benzene rings is 3. The number of para-hydroxylation sites is 2. The second-order valence-corrected chi connectivity index (χ2v) is 6.47. The number of hydrogen-bond acceptors (Lipinski definition) is 4. The third-order valence-corrected chi connectivity index (χ3v) is 4.43. The summed E-state index contributed by atoms with van der Waals surface area (Å²) in [5.74, 6) is 1.22. The molecule has 2 aromatic heterocycles. The zero-order valence-electron chi connectivity index (χ0n) is 14.7. The first kappa shape index (κ1) is 15.6. The van der Waals surface area contributed by atoms with Crippen LogP contribution in [0.15, 0.2) is 75.6 Å². The number of aromatic nitrogens is 2. The first-order chi connectivity index (χ1) is 13.2. The lowest BCUT2D eigenvalue weighted by Crippen LogP contribution is -1.78. The lowest BCUT2D eigenvalue weighted by atomic mass is 10.1. The van der Waals surface area contributed by atoms with E-state index in [1.54, 1.807) is 0 Å². The minimum Gasteiger partial charge on any atom is -0.437 e. The maximum Gasteiger partial charge on any atom is 0.227 e. The van der Waals surface area contributed by atoms with Crippen LogP contribution in [0.4, 0.5) is 0 Å². The van der Waals surface area contributed by atoms with E-state index in [9.17, 15) is 0 Å². The Morgan fingerprint density at radius 3 is 2.41 bits per heavy atom. The normalized spacial score (nSPS) is 11.7. The highest BCUT2D eigenvalue weighted by atomic mass is 16.4. The van der Waals surface area contributed by atoms with Gasteiger partial charge in [0, 0.05) is 11.6 Å². The van der Waals surface area contributed by atoms with E-state index in [1.807, 2.05) is 85.8 Å². The van der Waals surface area contributed by atoms with Gasteiger partial charge in [0.1, 0.15) is 11.0 Å². The summed E-state index contributed by atoms with van der Waals surface area (Å²) >= 11 is 0. The largest absolute Gasteiger partial charge is 0.437 e. The fraction of sp³-hybridized carbons (Fsp3) is 0.0435. The highest BCUT2D eigenvalue weighted by Gasteiger charge is 2.07. The molecule has 0 saturated carbocycles. The zero-order valence-corrected chi connectivity index (χ0v) is 14.7. The number of aryl methyl sites for hydroxylation is 1. The topological polar surface area (TPSA) is 52.1 Å². The molecule has 0 N–H and O–H groups in total. The van der Waals surface area contributed by atoms with Crippen LogP contribution in [0, 0.1) is 6.92 Å². The molecule has 0 saturated heterocycles. The third kappa shape index (κ3) is 3.02. The van der Waals surface area contributed by atoms with Crippen LogP contribution in [0.5, 0.6) is 0 Å². The van der Waals surface area contributed by atoms with Crippen LogP contribution in [0.1, 0.15) is 17.0 Å². The van der Waals surface area contributed by atoms with Crippen LogP contribution in [0.2, 0.25) is 0 Å². The van der Waals surface area contributed by atoms with E-state index in [0.717, 1.165) is 33.3 Å². The van der Waals surface area contributed by atoms with Crippen molar-refractivity contribution in [2.45, 2.75) is 6.92 Å². The summed E-state index contributed by atoms with van der Waals surface area (Å²) < 4.78 is 11.6. The molecule has 0 fully saturated rings. The summed E-state index contributed by atoms with van der Waals surface area (Å²) in [7, 11) is 0. The molecule has 2 heterocycles. The summed E-state index contributed by atoms with van der Waals surface area (Å²) in [6.07, 6.45) is 3.86. The summed E-state index contributed by atoms with van der Waals surface area (Å²) in [4.78, 5) is 9.03. The Morgan fingerprint density at radius 1 is 0.741 bits per heavy atom. The maximum absolute atomic E-state index is 5.81. The monoisotopic (exact) mass is 352 g/mol. The lowest BCUT2D eigenvalue weighted by Gasteiger charge is -1.96. The van der Waals surface area contributed by atoms with Crippen LogP contribution in [-0.2, 0) is 0 Å². The van der Waals surface area contributed by atoms with Gasteiger partial charge in [-0.1, -0.05) is 30.3 Å². The van der Waals surface area contributed by atoms with E-state index in [4.69, 9.17) is 8.83 Å². The summed E-state index contributed by atoms with van der Waals surface area (Å²) in [6, 6.07) is 21.8. The van der Waals surface area contributed by atoms with Gasteiger partial charge in [-0.05, 0) is 60.5 Å². The highest BCUT2D eigenvalue weighted by Crippen LogP contribution is 2.25. The molecule has 5 rings (SSSR count). The molecule has 0 amide bonds. The van der Waals surface area contributed by atoms with Gasteiger partial charge in [0.15, 0.2) is 11.2 Å². The van der Waals surface area contributed by atoms with Crippen molar-refractivity contribution in [3.63, 3.8) is 0 Å². The molecule has 3 aromatic carbocycles. The van der Waals surface area contributed by atoms with Crippen LogP contribution >= 0.6 is 0 Å².